The van der Waals surface area contributed by atoms with Crippen molar-refractivity contribution in [3.05, 3.63) is 0 Å². The highest BCUT2D eigenvalue weighted by Crippen LogP contribution is 2.18. The summed E-state index contributed by atoms with van der Waals surface area (Å²) in [6, 6.07) is 0.421. The molecule has 1 saturated heterocycles. The molecule has 0 spiro atoms. The molecule has 0 bridgehead atoms. The largest absolute Gasteiger partial charge is 0.355 e. The zero-order valence-corrected chi connectivity index (χ0v) is 11.5. The molecule has 17 heavy (non-hydrogen) atoms. The number of hydrogen-bond donors (Lipinski definition) is 2. The second-order valence-electron chi connectivity index (χ2n) is 5.18. The molecule has 0 radical (unpaired) electrons. The molecule has 1 amide bonds. The van der Waals surface area contributed by atoms with Gasteiger partial charge in [-0.25, -0.2) is 0 Å². The molecular formula is C13H27N3O. The minimum atomic E-state index is 0.114. The van der Waals surface area contributed by atoms with E-state index in [0.29, 0.717) is 18.5 Å². The molecule has 0 aromatic carbocycles. The van der Waals surface area contributed by atoms with Crippen molar-refractivity contribution in [3.8, 4) is 0 Å². The predicted octanol–water partition coefficient (Wildman–Crippen LogP) is 0.833. The van der Waals surface area contributed by atoms with Gasteiger partial charge in [0.25, 0.3) is 0 Å². The molecule has 1 fully saturated rings. The molecule has 0 aliphatic carbocycles. The molecule has 0 aromatic rings. The van der Waals surface area contributed by atoms with E-state index in [9.17, 15) is 4.79 Å². The average Bonchev–Trinajstić information content (AvgIpc) is 2.33. The van der Waals surface area contributed by atoms with Gasteiger partial charge in [-0.1, -0.05) is 6.92 Å². The number of amides is 1. The number of carbonyl (C=O) groups is 1. The summed E-state index contributed by atoms with van der Waals surface area (Å²) in [4.78, 5) is 13.8. The highest BCUT2D eigenvalue weighted by Gasteiger charge is 2.22. The van der Waals surface area contributed by atoms with Gasteiger partial charge in [0.05, 0.1) is 6.54 Å². The Balaban J connectivity index is 2.19. The highest BCUT2D eigenvalue weighted by atomic mass is 16.1. The van der Waals surface area contributed by atoms with Crippen LogP contribution >= 0.6 is 0 Å². The zero-order chi connectivity index (χ0) is 12.7. The predicted molar refractivity (Wildman–Crippen MR) is 71.0 cm³/mol. The van der Waals surface area contributed by atoms with Crippen LogP contribution in [0, 0.1) is 5.92 Å². The Bertz CT molecular complexity index is 233. The Morgan fingerprint density at radius 3 is 2.94 bits per heavy atom. The van der Waals surface area contributed by atoms with Gasteiger partial charge >= 0.3 is 0 Å². The lowest BCUT2D eigenvalue weighted by Gasteiger charge is -2.33. The van der Waals surface area contributed by atoms with Gasteiger partial charge in [0.2, 0.25) is 5.91 Å². The lowest BCUT2D eigenvalue weighted by molar-refractivity contribution is -0.120. The number of nitrogens with one attached hydrogen (secondary N) is 2. The van der Waals surface area contributed by atoms with Crippen LogP contribution in [0.25, 0.3) is 0 Å². The Morgan fingerprint density at radius 2 is 2.29 bits per heavy atom. The number of carbonyl (C=O) groups excluding carboxylic acids is 1. The molecule has 1 rings (SSSR count). The third-order valence-electron chi connectivity index (χ3n) is 3.52. The molecule has 1 heterocycles. The van der Waals surface area contributed by atoms with Gasteiger partial charge in [-0.05, 0) is 45.7 Å². The van der Waals surface area contributed by atoms with E-state index in [0.717, 1.165) is 19.5 Å². The van der Waals surface area contributed by atoms with Crippen LogP contribution in [0.4, 0.5) is 0 Å². The third-order valence-corrected chi connectivity index (χ3v) is 3.52. The molecule has 1 aliphatic rings. The zero-order valence-electron chi connectivity index (χ0n) is 11.5. The van der Waals surface area contributed by atoms with Crippen molar-refractivity contribution in [2.75, 3.05) is 33.2 Å². The van der Waals surface area contributed by atoms with Gasteiger partial charge in [-0.3, -0.25) is 4.79 Å². The summed E-state index contributed by atoms with van der Waals surface area (Å²) in [5.74, 6) is 0.788. The first-order valence-electron chi connectivity index (χ1n) is 6.82. The quantitative estimate of drug-likeness (QED) is 0.724. The van der Waals surface area contributed by atoms with Gasteiger partial charge < -0.3 is 15.5 Å². The summed E-state index contributed by atoms with van der Waals surface area (Å²) in [5, 5.41) is 6.23. The lowest BCUT2D eigenvalue weighted by atomic mass is 9.92. The fourth-order valence-electron chi connectivity index (χ4n) is 2.36. The maximum Gasteiger partial charge on any atom is 0.233 e. The van der Waals surface area contributed by atoms with E-state index in [1.54, 1.807) is 0 Å². The van der Waals surface area contributed by atoms with Crippen molar-refractivity contribution in [1.82, 2.24) is 15.5 Å². The molecule has 4 heteroatoms. The van der Waals surface area contributed by atoms with E-state index in [-0.39, 0.29) is 5.91 Å². The maximum atomic E-state index is 11.5. The molecule has 2 N–H and O–H groups in total. The molecule has 1 aliphatic heterocycles. The SMILES string of the molecule is CCCNC(=O)CNC(C)C1CCCN(C)C1. The van der Waals surface area contributed by atoms with Crippen LogP contribution in [-0.4, -0.2) is 50.1 Å². The van der Waals surface area contributed by atoms with Gasteiger partial charge in [-0.2, -0.15) is 0 Å². The van der Waals surface area contributed by atoms with Crippen LogP contribution in [-0.2, 0) is 4.79 Å². The van der Waals surface area contributed by atoms with E-state index < -0.39 is 0 Å². The van der Waals surface area contributed by atoms with E-state index in [4.69, 9.17) is 0 Å². The fourth-order valence-corrected chi connectivity index (χ4v) is 2.36. The van der Waals surface area contributed by atoms with Crippen molar-refractivity contribution >= 4 is 5.91 Å². The second kappa shape index (κ2) is 7.67. The van der Waals surface area contributed by atoms with Crippen LogP contribution in [0.1, 0.15) is 33.1 Å². The van der Waals surface area contributed by atoms with Crippen LogP contribution in [0.2, 0.25) is 0 Å². The Kier molecular flexibility index (Phi) is 6.52. The van der Waals surface area contributed by atoms with E-state index in [1.807, 2.05) is 0 Å². The third kappa shape index (κ3) is 5.50. The van der Waals surface area contributed by atoms with Crippen LogP contribution in [0.15, 0.2) is 0 Å². The maximum absolute atomic E-state index is 11.5. The summed E-state index contributed by atoms with van der Waals surface area (Å²) >= 11 is 0. The van der Waals surface area contributed by atoms with Crippen LogP contribution < -0.4 is 10.6 Å². The first-order chi connectivity index (χ1) is 8.13. The molecule has 4 nitrogen and oxygen atoms in total. The van der Waals surface area contributed by atoms with E-state index in [2.05, 4.69) is 36.4 Å². The number of nitrogens with zero attached hydrogens (tertiary/aromatic N) is 1. The second-order valence-corrected chi connectivity index (χ2v) is 5.18. The Morgan fingerprint density at radius 1 is 1.53 bits per heavy atom. The Hall–Kier alpha value is -0.610. The summed E-state index contributed by atoms with van der Waals surface area (Å²) in [7, 11) is 2.17. The summed E-state index contributed by atoms with van der Waals surface area (Å²) in [6.07, 6.45) is 3.54. The molecule has 100 valence electrons. The van der Waals surface area contributed by atoms with Gasteiger partial charge in [0.15, 0.2) is 0 Å². The Labute approximate surface area is 105 Å². The standard InChI is InChI=1S/C13H27N3O/c1-4-7-14-13(17)9-15-11(2)12-6-5-8-16(3)10-12/h11-12,15H,4-10H2,1-3H3,(H,14,17). The van der Waals surface area contributed by atoms with Crippen LogP contribution in [0.3, 0.4) is 0 Å². The minimum absolute atomic E-state index is 0.114. The first-order valence-corrected chi connectivity index (χ1v) is 6.82. The van der Waals surface area contributed by atoms with Crippen LogP contribution in [0.5, 0.6) is 0 Å². The van der Waals surface area contributed by atoms with Crippen molar-refractivity contribution in [3.63, 3.8) is 0 Å². The van der Waals surface area contributed by atoms with Gasteiger partial charge in [0, 0.05) is 19.1 Å². The molecule has 2 unspecified atom stereocenters. The number of piperidine rings is 1. The molecule has 0 aromatic heterocycles. The fraction of sp³-hybridized carbons (Fsp3) is 0.923. The highest BCUT2D eigenvalue weighted by molar-refractivity contribution is 5.77. The van der Waals surface area contributed by atoms with Gasteiger partial charge in [0.1, 0.15) is 0 Å². The van der Waals surface area contributed by atoms with Gasteiger partial charge in [-0.15, -0.1) is 0 Å². The number of likely N-dealkylation sites (tertiary alicyclic amines) is 1. The normalized spacial score (nSPS) is 23.4. The monoisotopic (exact) mass is 241 g/mol. The van der Waals surface area contributed by atoms with Crippen molar-refractivity contribution in [2.45, 2.75) is 39.2 Å². The summed E-state index contributed by atoms with van der Waals surface area (Å²) in [5.41, 5.74) is 0. The molecule has 2 atom stereocenters. The van der Waals surface area contributed by atoms with E-state index in [1.165, 1.54) is 19.4 Å². The topological polar surface area (TPSA) is 44.4 Å². The molecular weight excluding hydrogens is 214 g/mol. The molecule has 0 saturated carbocycles. The summed E-state index contributed by atoms with van der Waals surface area (Å²) < 4.78 is 0. The van der Waals surface area contributed by atoms with E-state index >= 15 is 0 Å². The smallest absolute Gasteiger partial charge is 0.233 e. The number of hydrogen-bond acceptors (Lipinski definition) is 3. The lowest BCUT2D eigenvalue weighted by Crippen LogP contribution is -2.46. The summed E-state index contributed by atoms with van der Waals surface area (Å²) in [6.45, 7) is 7.83. The average molecular weight is 241 g/mol. The van der Waals surface area contributed by atoms with Crippen molar-refractivity contribution in [2.24, 2.45) is 5.92 Å². The minimum Gasteiger partial charge on any atom is -0.355 e. The number of rotatable bonds is 6. The van der Waals surface area contributed by atoms with Crippen molar-refractivity contribution < 1.29 is 4.79 Å². The van der Waals surface area contributed by atoms with Crippen molar-refractivity contribution in [1.29, 1.82) is 0 Å². The first kappa shape index (κ1) is 14.5.